The van der Waals surface area contributed by atoms with Gasteiger partial charge in [0.1, 0.15) is 0 Å². The first kappa shape index (κ1) is 15.3. The first-order chi connectivity index (χ1) is 9.02. The Morgan fingerprint density at radius 2 is 1.79 bits per heavy atom. The van der Waals surface area contributed by atoms with Gasteiger partial charge in [0.15, 0.2) is 0 Å². The van der Waals surface area contributed by atoms with Gasteiger partial charge in [0.05, 0.1) is 0 Å². The van der Waals surface area contributed by atoms with E-state index in [0.717, 1.165) is 12.1 Å². The third kappa shape index (κ3) is 3.93. The van der Waals surface area contributed by atoms with Gasteiger partial charge in [-0.1, -0.05) is 13.3 Å². The van der Waals surface area contributed by atoms with Gasteiger partial charge in [-0.15, -0.1) is 0 Å². The zero-order chi connectivity index (χ0) is 13.9. The van der Waals surface area contributed by atoms with Crippen LogP contribution in [0.1, 0.15) is 53.4 Å². The standard InChI is InChI=1S/C16H33N3/c1-5-7-14-15(8-6-9-17-14)18-10-12-19(13-11-18)16(2,3)4/h14-15,17H,5-13H2,1-4H3. The normalized spacial score (nSPS) is 31.6. The highest BCUT2D eigenvalue weighted by Gasteiger charge is 2.33. The van der Waals surface area contributed by atoms with Gasteiger partial charge < -0.3 is 5.32 Å². The van der Waals surface area contributed by atoms with E-state index in [4.69, 9.17) is 0 Å². The van der Waals surface area contributed by atoms with Crippen molar-refractivity contribution in [2.45, 2.75) is 71.0 Å². The maximum atomic E-state index is 3.75. The molecule has 0 aromatic heterocycles. The first-order valence-corrected chi connectivity index (χ1v) is 8.25. The number of hydrogen-bond acceptors (Lipinski definition) is 3. The number of piperidine rings is 1. The minimum atomic E-state index is 0.333. The van der Waals surface area contributed by atoms with Gasteiger partial charge in [-0.2, -0.15) is 0 Å². The summed E-state index contributed by atoms with van der Waals surface area (Å²) >= 11 is 0. The van der Waals surface area contributed by atoms with Gasteiger partial charge >= 0.3 is 0 Å². The summed E-state index contributed by atoms with van der Waals surface area (Å²) in [6.45, 7) is 15.5. The molecule has 3 nitrogen and oxygen atoms in total. The molecule has 2 unspecified atom stereocenters. The molecule has 2 saturated heterocycles. The molecule has 2 heterocycles. The average molecular weight is 267 g/mol. The van der Waals surface area contributed by atoms with E-state index in [1.165, 1.54) is 58.4 Å². The van der Waals surface area contributed by atoms with Gasteiger partial charge in [-0.25, -0.2) is 0 Å². The molecule has 0 bridgehead atoms. The lowest BCUT2D eigenvalue weighted by Gasteiger charge is -2.47. The van der Waals surface area contributed by atoms with E-state index in [2.05, 4.69) is 42.8 Å². The molecule has 2 aliphatic heterocycles. The lowest BCUT2D eigenvalue weighted by atomic mass is 9.92. The quantitative estimate of drug-likeness (QED) is 0.846. The van der Waals surface area contributed by atoms with Crippen molar-refractivity contribution in [1.82, 2.24) is 15.1 Å². The van der Waals surface area contributed by atoms with Crippen molar-refractivity contribution < 1.29 is 0 Å². The predicted octanol–water partition coefficient (Wildman–Crippen LogP) is 2.32. The predicted molar refractivity (Wildman–Crippen MR) is 82.6 cm³/mol. The van der Waals surface area contributed by atoms with E-state index in [9.17, 15) is 0 Å². The maximum absolute atomic E-state index is 3.75. The molecule has 2 rings (SSSR count). The molecule has 0 saturated carbocycles. The fourth-order valence-electron chi connectivity index (χ4n) is 3.70. The largest absolute Gasteiger partial charge is 0.312 e. The van der Waals surface area contributed by atoms with Crippen molar-refractivity contribution in [2.75, 3.05) is 32.7 Å². The van der Waals surface area contributed by atoms with Gasteiger partial charge in [-0.05, 0) is 46.6 Å². The minimum absolute atomic E-state index is 0.333. The summed E-state index contributed by atoms with van der Waals surface area (Å²) < 4.78 is 0. The van der Waals surface area contributed by atoms with Crippen LogP contribution in [0, 0.1) is 0 Å². The molecule has 19 heavy (non-hydrogen) atoms. The highest BCUT2D eigenvalue weighted by Crippen LogP contribution is 2.23. The van der Waals surface area contributed by atoms with Crippen LogP contribution in [-0.2, 0) is 0 Å². The number of piperazine rings is 1. The lowest BCUT2D eigenvalue weighted by molar-refractivity contribution is 0.0236. The third-order valence-electron chi connectivity index (χ3n) is 4.88. The Balaban J connectivity index is 1.88. The van der Waals surface area contributed by atoms with E-state index >= 15 is 0 Å². The second kappa shape index (κ2) is 6.55. The summed E-state index contributed by atoms with van der Waals surface area (Å²) in [5, 5.41) is 3.75. The zero-order valence-electron chi connectivity index (χ0n) is 13.4. The Labute approximate surface area is 119 Å². The number of nitrogens with zero attached hydrogens (tertiary/aromatic N) is 2. The van der Waals surface area contributed by atoms with Crippen molar-refractivity contribution in [3.8, 4) is 0 Å². The molecular weight excluding hydrogens is 234 g/mol. The van der Waals surface area contributed by atoms with Gasteiger partial charge in [0.25, 0.3) is 0 Å². The first-order valence-electron chi connectivity index (χ1n) is 8.25. The monoisotopic (exact) mass is 267 g/mol. The Kier molecular flexibility index (Phi) is 5.27. The molecule has 0 aromatic rings. The smallest absolute Gasteiger partial charge is 0.0250 e. The summed E-state index contributed by atoms with van der Waals surface area (Å²) in [5.74, 6) is 0. The van der Waals surface area contributed by atoms with Gasteiger partial charge in [-0.3, -0.25) is 9.80 Å². The van der Waals surface area contributed by atoms with E-state index in [1.807, 2.05) is 0 Å². The number of hydrogen-bond donors (Lipinski definition) is 1. The third-order valence-corrected chi connectivity index (χ3v) is 4.88. The Morgan fingerprint density at radius 3 is 2.37 bits per heavy atom. The van der Waals surface area contributed by atoms with Crippen LogP contribution in [0.15, 0.2) is 0 Å². The molecule has 0 aromatic carbocycles. The van der Waals surface area contributed by atoms with Crippen molar-refractivity contribution in [2.24, 2.45) is 0 Å². The summed E-state index contributed by atoms with van der Waals surface area (Å²) in [4.78, 5) is 5.39. The van der Waals surface area contributed by atoms with Gasteiger partial charge in [0.2, 0.25) is 0 Å². The Bertz CT molecular complexity index is 262. The van der Waals surface area contributed by atoms with Crippen molar-refractivity contribution in [3.05, 3.63) is 0 Å². The van der Waals surface area contributed by atoms with Crippen molar-refractivity contribution >= 4 is 0 Å². The summed E-state index contributed by atoms with van der Waals surface area (Å²) in [5.41, 5.74) is 0.333. The molecule has 0 aliphatic carbocycles. The van der Waals surface area contributed by atoms with Crippen LogP contribution in [0.2, 0.25) is 0 Å². The van der Waals surface area contributed by atoms with Crippen LogP contribution in [0.4, 0.5) is 0 Å². The van der Waals surface area contributed by atoms with Crippen molar-refractivity contribution in [3.63, 3.8) is 0 Å². The van der Waals surface area contributed by atoms with E-state index in [1.54, 1.807) is 0 Å². The molecule has 3 heteroatoms. The molecule has 2 aliphatic rings. The fourth-order valence-corrected chi connectivity index (χ4v) is 3.70. The zero-order valence-corrected chi connectivity index (χ0v) is 13.4. The molecule has 2 fully saturated rings. The summed E-state index contributed by atoms with van der Waals surface area (Å²) in [6, 6.07) is 1.52. The van der Waals surface area contributed by atoms with E-state index in [-0.39, 0.29) is 0 Å². The fraction of sp³-hybridized carbons (Fsp3) is 1.00. The number of rotatable bonds is 3. The van der Waals surface area contributed by atoms with Crippen LogP contribution in [0.25, 0.3) is 0 Å². The van der Waals surface area contributed by atoms with Crippen LogP contribution in [-0.4, -0.2) is 60.1 Å². The van der Waals surface area contributed by atoms with Crippen LogP contribution < -0.4 is 5.32 Å². The van der Waals surface area contributed by atoms with E-state index < -0.39 is 0 Å². The lowest BCUT2D eigenvalue weighted by Crippen LogP contribution is -2.60. The molecule has 0 spiro atoms. The highest BCUT2D eigenvalue weighted by molar-refractivity contribution is 4.91. The van der Waals surface area contributed by atoms with E-state index in [0.29, 0.717) is 5.54 Å². The van der Waals surface area contributed by atoms with Gasteiger partial charge in [0, 0.05) is 43.8 Å². The highest BCUT2D eigenvalue weighted by atomic mass is 15.3. The molecular formula is C16H33N3. The average Bonchev–Trinajstić information content (AvgIpc) is 2.39. The van der Waals surface area contributed by atoms with Crippen LogP contribution in [0.3, 0.4) is 0 Å². The summed E-state index contributed by atoms with van der Waals surface area (Å²) in [6.07, 6.45) is 5.39. The van der Waals surface area contributed by atoms with Crippen molar-refractivity contribution in [1.29, 1.82) is 0 Å². The maximum Gasteiger partial charge on any atom is 0.0250 e. The SMILES string of the molecule is CCCC1NCCCC1N1CCN(C(C)(C)C)CC1. The molecule has 112 valence electrons. The van der Waals surface area contributed by atoms with Crippen LogP contribution in [0.5, 0.6) is 0 Å². The molecule has 0 radical (unpaired) electrons. The molecule has 1 N–H and O–H groups in total. The topological polar surface area (TPSA) is 18.5 Å². The minimum Gasteiger partial charge on any atom is -0.312 e. The summed E-state index contributed by atoms with van der Waals surface area (Å²) in [7, 11) is 0. The second-order valence-electron chi connectivity index (χ2n) is 7.25. The molecule has 0 amide bonds. The number of nitrogens with one attached hydrogen (secondary N) is 1. The second-order valence-corrected chi connectivity index (χ2v) is 7.25. The Morgan fingerprint density at radius 1 is 1.11 bits per heavy atom. The van der Waals surface area contributed by atoms with Crippen LogP contribution >= 0.6 is 0 Å². The molecule has 2 atom stereocenters. The Hall–Kier alpha value is -0.120.